The van der Waals surface area contributed by atoms with Crippen LogP contribution >= 0.6 is 0 Å². The van der Waals surface area contributed by atoms with Crippen molar-refractivity contribution < 1.29 is 4.52 Å². The number of aryl methyl sites for hydroxylation is 4. The first kappa shape index (κ1) is 13.4. The average molecular weight is 274 g/mol. The molecule has 1 aliphatic heterocycles. The Kier molecular flexibility index (Phi) is 3.38. The van der Waals surface area contributed by atoms with Gasteiger partial charge in [-0.3, -0.25) is 9.58 Å². The Morgan fingerprint density at radius 3 is 2.70 bits per heavy atom. The van der Waals surface area contributed by atoms with Crippen LogP contribution in [-0.4, -0.2) is 26.4 Å². The summed E-state index contributed by atoms with van der Waals surface area (Å²) in [4.78, 5) is 2.52. The Morgan fingerprint density at radius 1 is 1.30 bits per heavy atom. The van der Waals surface area contributed by atoms with E-state index in [1.165, 1.54) is 24.0 Å². The van der Waals surface area contributed by atoms with E-state index in [9.17, 15) is 0 Å². The summed E-state index contributed by atoms with van der Waals surface area (Å²) in [6.45, 7) is 8.21. The van der Waals surface area contributed by atoms with Crippen LogP contribution < -0.4 is 0 Å². The fraction of sp³-hybridized carbons (Fsp3) is 0.600. The van der Waals surface area contributed by atoms with Gasteiger partial charge >= 0.3 is 0 Å². The maximum atomic E-state index is 5.34. The summed E-state index contributed by atoms with van der Waals surface area (Å²) in [5, 5.41) is 8.54. The third-order valence-electron chi connectivity index (χ3n) is 4.27. The van der Waals surface area contributed by atoms with E-state index >= 15 is 0 Å². The predicted molar refractivity (Wildman–Crippen MR) is 76.3 cm³/mol. The Hall–Kier alpha value is -1.62. The molecular weight excluding hydrogens is 252 g/mol. The molecule has 2 aromatic heterocycles. The molecule has 5 nitrogen and oxygen atoms in total. The van der Waals surface area contributed by atoms with Gasteiger partial charge in [0.2, 0.25) is 0 Å². The Labute approximate surface area is 119 Å². The van der Waals surface area contributed by atoms with E-state index in [1.54, 1.807) is 0 Å². The van der Waals surface area contributed by atoms with Gasteiger partial charge in [0, 0.05) is 37.0 Å². The van der Waals surface area contributed by atoms with Crippen molar-refractivity contribution in [3.63, 3.8) is 0 Å². The summed E-state index contributed by atoms with van der Waals surface area (Å²) in [5.74, 6) is 0.960. The summed E-state index contributed by atoms with van der Waals surface area (Å²) in [6, 6.07) is 0.431. The maximum Gasteiger partial charge on any atom is 0.138 e. The second kappa shape index (κ2) is 5.05. The summed E-state index contributed by atoms with van der Waals surface area (Å²) >= 11 is 0. The quantitative estimate of drug-likeness (QED) is 0.863. The number of rotatable bonds is 3. The van der Waals surface area contributed by atoms with Crippen LogP contribution in [0, 0.1) is 20.8 Å². The third-order valence-corrected chi connectivity index (χ3v) is 4.27. The van der Waals surface area contributed by atoms with Gasteiger partial charge in [-0.25, -0.2) is 0 Å². The molecule has 0 radical (unpaired) electrons. The number of aromatic nitrogens is 3. The van der Waals surface area contributed by atoms with Gasteiger partial charge in [-0.1, -0.05) is 5.16 Å². The molecule has 5 heteroatoms. The lowest BCUT2D eigenvalue weighted by atomic mass is 10.0. The van der Waals surface area contributed by atoms with E-state index in [-0.39, 0.29) is 0 Å². The fourth-order valence-electron chi connectivity index (χ4n) is 3.33. The van der Waals surface area contributed by atoms with E-state index in [2.05, 4.69) is 28.3 Å². The van der Waals surface area contributed by atoms with Gasteiger partial charge in [0.25, 0.3) is 0 Å². The van der Waals surface area contributed by atoms with Crippen molar-refractivity contribution in [1.82, 2.24) is 19.8 Å². The molecule has 108 valence electrons. The minimum Gasteiger partial charge on any atom is -0.361 e. The molecule has 0 aliphatic carbocycles. The molecular formula is C15H22N4O. The molecule has 1 aliphatic rings. The van der Waals surface area contributed by atoms with E-state index in [0.29, 0.717) is 6.04 Å². The zero-order chi connectivity index (χ0) is 14.3. The van der Waals surface area contributed by atoms with Crippen LogP contribution in [0.15, 0.2) is 10.7 Å². The van der Waals surface area contributed by atoms with Gasteiger partial charge in [0.15, 0.2) is 0 Å². The summed E-state index contributed by atoms with van der Waals surface area (Å²) in [6.07, 6.45) is 4.54. The molecule has 1 fully saturated rings. The lowest BCUT2D eigenvalue weighted by Gasteiger charge is -2.24. The molecule has 3 rings (SSSR count). The monoisotopic (exact) mass is 274 g/mol. The first-order chi connectivity index (χ1) is 9.56. The van der Waals surface area contributed by atoms with E-state index < -0.39 is 0 Å². The van der Waals surface area contributed by atoms with Crippen molar-refractivity contribution in [2.45, 2.75) is 46.2 Å². The zero-order valence-electron chi connectivity index (χ0n) is 12.7. The van der Waals surface area contributed by atoms with Crippen molar-refractivity contribution in [1.29, 1.82) is 0 Å². The van der Waals surface area contributed by atoms with Crippen molar-refractivity contribution in [3.8, 4) is 0 Å². The summed E-state index contributed by atoms with van der Waals surface area (Å²) in [7, 11) is 1.98. The molecule has 0 amide bonds. The van der Waals surface area contributed by atoms with Crippen molar-refractivity contribution >= 4 is 0 Å². The van der Waals surface area contributed by atoms with Crippen LogP contribution in [-0.2, 0) is 13.6 Å². The largest absolute Gasteiger partial charge is 0.361 e. The molecule has 0 N–H and O–H groups in total. The summed E-state index contributed by atoms with van der Waals surface area (Å²) in [5.41, 5.74) is 4.74. The van der Waals surface area contributed by atoms with Crippen LogP contribution in [0.3, 0.4) is 0 Å². The van der Waals surface area contributed by atoms with Crippen LogP contribution in [0.1, 0.15) is 47.2 Å². The van der Waals surface area contributed by atoms with Gasteiger partial charge in [0.05, 0.1) is 11.4 Å². The third kappa shape index (κ3) is 2.26. The topological polar surface area (TPSA) is 47.1 Å². The highest BCUT2D eigenvalue weighted by molar-refractivity contribution is 5.26. The van der Waals surface area contributed by atoms with Gasteiger partial charge in [-0.05, 0) is 40.2 Å². The van der Waals surface area contributed by atoms with Crippen LogP contribution in [0.5, 0.6) is 0 Å². The van der Waals surface area contributed by atoms with E-state index in [0.717, 1.165) is 30.2 Å². The minimum absolute atomic E-state index is 0.431. The van der Waals surface area contributed by atoms with Gasteiger partial charge in [-0.15, -0.1) is 0 Å². The van der Waals surface area contributed by atoms with Crippen LogP contribution in [0.4, 0.5) is 0 Å². The van der Waals surface area contributed by atoms with E-state index in [4.69, 9.17) is 4.52 Å². The number of nitrogens with zero attached hydrogens (tertiary/aromatic N) is 4. The smallest absolute Gasteiger partial charge is 0.138 e. The lowest BCUT2D eigenvalue weighted by molar-refractivity contribution is 0.245. The fourth-order valence-corrected chi connectivity index (χ4v) is 3.33. The van der Waals surface area contributed by atoms with Gasteiger partial charge in [-0.2, -0.15) is 5.10 Å². The second-order valence-corrected chi connectivity index (χ2v) is 5.78. The van der Waals surface area contributed by atoms with Crippen molar-refractivity contribution in [2.24, 2.45) is 7.05 Å². The molecule has 2 aromatic rings. The Bertz CT molecular complexity index is 594. The van der Waals surface area contributed by atoms with Gasteiger partial charge < -0.3 is 4.52 Å². The number of hydrogen-bond donors (Lipinski definition) is 0. The molecule has 0 bridgehead atoms. The molecule has 1 atom stereocenters. The maximum absolute atomic E-state index is 5.34. The van der Waals surface area contributed by atoms with Crippen LogP contribution in [0.25, 0.3) is 0 Å². The van der Waals surface area contributed by atoms with Crippen molar-refractivity contribution in [3.05, 3.63) is 34.5 Å². The highest BCUT2D eigenvalue weighted by Gasteiger charge is 2.31. The van der Waals surface area contributed by atoms with E-state index in [1.807, 2.05) is 25.6 Å². The zero-order valence-corrected chi connectivity index (χ0v) is 12.7. The molecule has 0 saturated carbocycles. The average Bonchev–Trinajstić information content (AvgIpc) is 3.03. The van der Waals surface area contributed by atoms with Gasteiger partial charge in [0.1, 0.15) is 5.76 Å². The molecule has 0 spiro atoms. The molecule has 3 heterocycles. The first-order valence-electron chi connectivity index (χ1n) is 7.22. The number of hydrogen-bond acceptors (Lipinski definition) is 4. The first-order valence-corrected chi connectivity index (χ1v) is 7.22. The number of likely N-dealkylation sites (tertiary alicyclic amines) is 1. The summed E-state index contributed by atoms with van der Waals surface area (Å²) < 4.78 is 7.24. The Morgan fingerprint density at radius 2 is 2.10 bits per heavy atom. The van der Waals surface area contributed by atoms with Crippen molar-refractivity contribution in [2.75, 3.05) is 6.54 Å². The predicted octanol–water partition coefficient (Wildman–Crippen LogP) is 2.67. The highest BCUT2D eigenvalue weighted by Crippen LogP contribution is 2.36. The minimum atomic E-state index is 0.431. The molecule has 1 saturated heterocycles. The highest BCUT2D eigenvalue weighted by atomic mass is 16.5. The molecule has 0 aromatic carbocycles. The lowest BCUT2D eigenvalue weighted by Crippen LogP contribution is -2.23. The van der Waals surface area contributed by atoms with Crippen LogP contribution in [0.2, 0.25) is 0 Å². The molecule has 20 heavy (non-hydrogen) atoms. The Balaban J connectivity index is 1.84. The molecule has 0 unspecified atom stereocenters. The normalized spacial score (nSPS) is 19.9. The standard InChI is InChI=1S/C15H22N4O/c1-10-13(8-18(4)16-10)9-19-7-5-6-14(19)15-11(2)17-20-12(15)3/h8,14H,5-7,9H2,1-4H3/t14-/m0/s1. The second-order valence-electron chi connectivity index (χ2n) is 5.78. The SMILES string of the molecule is Cc1nn(C)cc1CN1CCC[C@H]1c1c(C)noc1C.